The fourth-order valence-corrected chi connectivity index (χ4v) is 1.68. The van der Waals surface area contributed by atoms with Crippen LogP contribution in [0.5, 0.6) is 0 Å². The van der Waals surface area contributed by atoms with E-state index in [4.69, 9.17) is 0 Å². The summed E-state index contributed by atoms with van der Waals surface area (Å²) in [7, 11) is 0. The molecule has 1 aromatic carbocycles. The van der Waals surface area contributed by atoms with Crippen molar-refractivity contribution in [1.82, 2.24) is 5.32 Å². The summed E-state index contributed by atoms with van der Waals surface area (Å²) < 4.78 is 37.9. The molecular formula is C12H14F3N. The lowest BCUT2D eigenvalue weighted by molar-refractivity contribution is -0.138. The molecule has 16 heavy (non-hydrogen) atoms. The molecule has 0 aromatic heterocycles. The molecule has 1 N–H and O–H groups in total. The predicted molar refractivity (Wildman–Crippen MR) is 55.9 cm³/mol. The second-order valence-corrected chi connectivity index (χ2v) is 4.23. The summed E-state index contributed by atoms with van der Waals surface area (Å²) in [6.45, 7) is 1.12. The van der Waals surface area contributed by atoms with Crippen LogP contribution in [-0.4, -0.2) is 6.54 Å². The molecule has 1 aliphatic rings. The summed E-state index contributed by atoms with van der Waals surface area (Å²) in [5, 5.41) is 3.08. The smallest absolute Gasteiger partial charge is 0.312 e. The van der Waals surface area contributed by atoms with Crippen molar-refractivity contribution in [3.05, 3.63) is 35.4 Å². The van der Waals surface area contributed by atoms with Crippen LogP contribution in [0, 0.1) is 5.92 Å². The number of hydrogen-bond donors (Lipinski definition) is 1. The van der Waals surface area contributed by atoms with E-state index in [1.165, 1.54) is 25.0 Å². The van der Waals surface area contributed by atoms with Crippen LogP contribution in [0.1, 0.15) is 24.0 Å². The van der Waals surface area contributed by atoms with Crippen molar-refractivity contribution in [1.29, 1.82) is 0 Å². The SMILES string of the molecule is FC(F)(F)c1ccccc1CNCC1CC1. The van der Waals surface area contributed by atoms with Gasteiger partial charge in [-0.15, -0.1) is 0 Å². The fourth-order valence-electron chi connectivity index (χ4n) is 1.68. The molecule has 0 unspecified atom stereocenters. The molecule has 1 aliphatic carbocycles. The average molecular weight is 229 g/mol. The molecule has 0 radical (unpaired) electrons. The Morgan fingerprint density at radius 2 is 1.88 bits per heavy atom. The van der Waals surface area contributed by atoms with E-state index in [9.17, 15) is 13.2 Å². The number of rotatable bonds is 4. The summed E-state index contributed by atoms with van der Waals surface area (Å²) >= 11 is 0. The van der Waals surface area contributed by atoms with Crippen LogP contribution in [0.15, 0.2) is 24.3 Å². The number of benzene rings is 1. The number of nitrogens with one attached hydrogen (secondary N) is 1. The molecule has 0 heterocycles. The van der Waals surface area contributed by atoms with E-state index in [1.54, 1.807) is 6.07 Å². The third-order valence-electron chi connectivity index (χ3n) is 2.77. The van der Waals surface area contributed by atoms with Gasteiger partial charge < -0.3 is 5.32 Å². The van der Waals surface area contributed by atoms with E-state index in [0.29, 0.717) is 18.0 Å². The third-order valence-corrected chi connectivity index (χ3v) is 2.77. The Balaban J connectivity index is 2.00. The van der Waals surface area contributed by atoms with Gasteiger partial charge in [0, 0.05) is 6.54 Å². The van der Waals surface area contributed by atoms with E-state index < -0.39 is 11.7 Å². The molecule has 0 saturated heterocycles. The molecule has 1 nitrogen and oxygen atoms in total. The average Bonchev–Trinajstić information content (AvgIpc) is 3.01. The number of hydrogen-bond acceptors (Lipinski definition) is 1. The van der Waals surface area contributed by atoms with Crippen molar-refractivity contribution in [3.63, 3.8) is 0 Å². The molecular weight excluding hydrogens is 215 g/mol. The third kappa shape index (κ3) is 2.98. The zero-order valence-corrected chi connectivity index (χ0v) is 8.85. The Bertz CT molecular complexity index is 356. The highest BCUT2D eigenvalue weighted by atomic mass is 19.4. The Kier molecular flexibility index (Phi) is 3.19. The highest BCUT2D eigenvalue weighted by molar-refractivity contribution is 5.29. The summed E-state index contributed by atoms with van der Waals surface area (Å²) in [6, 6.07) is 5.73. The van der Waals surface area contributed by atoms with E-state index in [0.717, 1.165) is 12.6 Å². The molecule has 0 amide bonds. The summed E-state index contributed by atoms with van der Waals surface area (Å²) in [4.78, 5) is 0. The Morgan fingerprint density at radius 1 is 1.19 bits per heavy atom. The van der Waals surface area contributed by atoms with Gasteiger partial charge in [0.2, 0.25) is 0 Å². The quantitative estimate of drug-likeness (QED) is 0.836. The van der Waals surface area contributed by atoms with Crippen LogP contribution in [0.25, 0.3) is 0 Å². The van der Waals surface area contributed by atoms with Crippen molar-refractivity contribution >= 4 is 0 Å². The normalized spacial score (nSPS) is 16.4. The lowest BCUT2D eigenvalue weighted by Crippen LogP contribution is -2.19. The van der Waals surface area contributed by atoms with Crippen molar-refractivity contribution in [2.24, 2.45) is 5.92 Å². The van der Waals surface area contributed by atoms with Gasteiger partial charge in [0.25, 0.3) is 0 Å². The zero-order chi connectivity index (χ0) is 11.6. The number of alkyl halides is 3. The van der Waals surface area contributed by atoms with E-state index in [-0.39, 0.29) is 0 Å². The molecule has 0 spiro atoms. The van der Waals surface area contributed by atoms with Gasteiger partial charge in [-0.05, 0) is 36.9 Å². The Hall–Kier alpha value is -1.03. The fraction of sp³-hybridized carbons (Fsp3) is 0.500. The second-order valence-electron chi connectivity index (χ2n) is 4.23. The molecule has 1 saturated carbocycles. The van der Waals surface area contributed by atoms with E-state index in [1.807, 2.05) is 0 Å². The van der Waals surface area contributed by atoms with Gasteiger partial charge >= 0.3 is 6.18 Å². The summed E-state index contributed by atoms with van der Waals surface area (Å²) in [5.41, 5.74) is -0.200. The second kappa shape index (κ2) is 4.45. The maximum absolute atomic E-state index is 12.6. The van der Waals surface area contributed by atoms with Crippen LogP contribution >= 0.6 is 0 Å². The summed E-state index contributed by atoms with van der Waals surface area (Å²) in [6.07, 6.45) is -1.85. The maximum atomic E-state index is 12.6. The predicted octanol–water partition coefficient (Wildman–Crippen LogP) is 3.21. The van der Waals surface area contributed by atoms with Crippen LogP contribution in [0.2, 0.25) is 0 Å². The zero-order valence-electron chi connectivity index (χ0n) is 8.85. The van der Waals surface area contributed by atoms with Crippen molar-refractivity contribution in [2.45, 2.75) is 25.6 Å². The van der Waals surface area contributed by atoms with Crippen LogP contribution < -0.4 is 5.32 Å². The number of halogens is 3. The largest absolute Gasteiger partial charge is 0.416 e. The highest BCUT2D eigenvalue weighted by Crippen LogP contribution is 2.32. The lowest BCUT2D eigenvalue weighted by atomic mass is 10.1. The Labute approximate surface area is 92.7 Å². The van der Waals surface area contributed by atoms with Gasteiger partial charge in [-0.3, -0.25) is 0 Å². The molecule has 1 fully saturated rings. The molecule has 0 bridgehead atoms. The van der Waals surface area contributed by atoms with Gasteiger partial charge in [-0.25, -0.2) is 0 Å². The van der Waals surface area contributed by atoms with Crippen LogP contribution in [0.3, 0.4) is 0 Å². The van der Waals surface area contributed by atoms with Crippen molar-refractivity contribution < 1.29 is 13.2 Å². The molecule has 1 aromatic rings. The molecule has 88 valence electrons. The van der Waals surface area contributed by atoms with Crippen molar-refractivity contribution in [2.75, 3.05) is 6.54 Å². The monoisotopic (exact) mass is 229 g/mol. The molecule has 0 aliphatic heterocycles. The minimum Gasteiger partial charge on any atom is -0.312 e. The van der Waals surface area contributed by atoms with Crippen LogP contribution in [-0.2, 0) is 12.7 Å². The van der Waals surface area contributed by atoms with Gasteiger partial charge in [-0.2, -0.15) is 13.2 Å². The minimum absolute atomic E-state index is 0.298. The minimum atomic E-state index is -4.25. The van der Waals surface area contributed by atoms with E-state index >= 15 is 0 Å². The van der Waals surface area contributed by atoms with Gasteiger partial charge in [-0.1, -0.05) is 18.2 Å². The van der Waals surface area contributed by atoms with Gasteiger partial charge in [0.1, 0.15) is 0 Å². The first-order valence-corrected chi connectivity index (χ1v) is 5.43. The Morgan fingerprint density at radius 3 is 2.50 bits per heavy atom. The summed E-state index contributed by atoms with van der Waals surface area (Å²) in [5.74, 6) is 0.679. The molecule has 2 rings (SSSR count). The first kappa shape index (κ1) is 11.5. The van der Waals surface area contributed by atoms with Crippen LogP contribution in [0.4, 0.5) is 13.2 Å². The van der Waals surface area contributed by atoms with Crippen molar-refractivity contribution in [3.8, 4) is 0 Å². The van der Waals surface area contributed by atoms with E-state index in [2.05, 4.69) is 5.32 Å². The standard InChI is InChI=1S/C12H14F3N/c13-12(14,15)11-4-2-1-3-10(11)8-16-7-9-5-6-9/h1-4,9,16H,5-8H2. The topological polar surface area (TPSA) is 12.0 Å². The molecule has 0 atom stereocenters. The van der Waals surface area contributed by atoms with Gasteiger partial charge in [0.05, 0.1) is 5.56 Å². The highest BCUT2D eigenvalue weighted by Gasteiger charge is 2.32. The molecule has 4 heteroatoms. The lowest BCUT2D eigenvalue weighted by Gasteiger charge is -2.12. The first-order valence-electron chi connectivity index (χ1n) is 5.43. The first-order chi connectivity index (χ1) is 7.57. The van der Waals surface area contributed by atoms with Gasteiger partial charge in [0.15, 0.2) is 0 Å². The maximum Gasteiger partial charge on any atom is 0.416 e.